The third kappa shape index (κ3) is 4.27. The van der Waals surface area contributed by atoms with E-state index < -0.39 is 0 Å². The van der Waals surface area contributed by atoms with Crippen LogP contribution < -0.4 is 5.32 Å². The molecule has 30 heavy (non-hydrogen) atoms. The standard InChI is InChI=1S/C24H23N5O/c1-16-4-9-22(17(2)14-16)29-27-18(3)23(28-29)24(30)26-21-7-5-19(6-8-21)15-20-10-12-25-13-11-20/h4-14H,15H2,1-3H3,(H,26,30). The molecule has 2 aromatic heterocycles. The number of hydrogen-bond donors (Lipinski definition) is 1. The van der Waals surface area contributed by atoms with Gasteiger partial charge in [0.25, 0.3) is 5.91 Å². The first kappa shape index (κ1) is 19.5. The lowest BCUT2D eigenvalue weighted by Gasteiger charge is -2.06. The van der Waals surface area contributed by atoms with Crippen molar-refractivity contribution in [3.8, 4) is 5.69 Å². The summed E-state index contributed by atoms with van der Waals surface area (Å²) in [7, 11) is 0. The van der Waals surface area contributed by atoms with Gasteiger partial charge in [-0.15, -0.1) is 5.10 Å². The van der Waals surface area contributed by atoms with E-state index in [0.29, 0.717) is 11.4 Å². The number of pyridine rings is 1. The van der Waals surface area contributed by atoms with E-state index in [0.717, 1.165) is 28.9 Å². The zero-order chi connectivity index (χ0) is 21.1. The summed E-state index contributed by atoms with van der Waals surface area (Å²) in [6.45, 7) is 5.84. The predicted molar refractivity (Wildman–Crippen MR) is 117 cm³/mol. The number of rotatable bonds is 5. The SMILES string of the molecule is Cc1ccc(-n2nc(C)c(C(=O)Nc3ccc(Cc4ccncc4)cc3)n2)c(C)c1. The van der Waals surface area contributed by atoms with E-state index in [9.17, 15) is 4.79 Å². The van der Waals surface area contributed by atoms with Crippen molar-refractivity contribution >= 4 is 11.6 Å². The smallest absolute Gasteiger partial charge is 0.278 e. The lowest BCUT2D eigenvalue weighted by molar-refractivity contribution is 0.102. The molecule has 0 bridgehead atoms. The van der Waals surface area contributed by atoms with Crippen LogP contribution in [-0.4, -0.2) is 25.9 Å². The van der Waals surface area contributed by atoms with Crippen molar-refractivity contribution in [1.29, 1.82) is 0 Å². The van der Waals surface area contributed by atoms with Crippen molar-refractivity contribution in [3.63, 3.8) is 0 Å². The molecule has 2 aromatic carbocycles. The first-order chi connectivity index (χ1) is 14.5. The number of nitrogens with zero attached hydrogens (tertiary/aromatic N) is 4. The summed E-state index contributed by atoms with van der Waals surface area (Å²) >= 11 is 0. The summed E-state index contributed by atoms with van der Waals surface area (Å²) in [4.78, 5) is 18.3. The zero-order valence-corrected chi connectivity index (χ0v) is 17.3. The fourth-order valence-electron chi connectivity index (χ4n) is 3.36. The molecular weight excluding hydrogens is 374 g/mol. The van der Waals surface area contributed by atoms with Crippen LogP contribution in [0.15, 0.2) is 67.0 Å². The average Bonchev–Trinajstić information content (AvgIpc) is 3.11. The molecule has 0 saturated heterocycles. The van der Waals surface area contributed by atoms with Gasteiger partial charge in [0.05, 0.1) is 11.4 Å². The fraction of sp³-hybridized carbons (Fsp3) is 0.167. The van der Waals surface area contributed by atoms with Gasteiger partial charge in [-0.25, -0.2) is 0 Å². The zero-order valence-electron chi connectivity index (χ0n) is 17.3. The minimum atomic E-state index is -0.273. The Hall–Kier alpha value is -3.80. The van der Waals surface area contributed by atoms with Crippen LogP contribution in [0.25, 0.3) is 5.69 Å². The molecule has 2 heterocycles. The third-order valence-electron chi connectivity index (χ3n) is 4.93. The van der Waals surface area contributed by atoms with Gasteiger partial charge in [0, 0.05) is 18.1 Å². The Morgan fingerprint density at radius 1 is 0.900 bits per heavy atom. The van der Waals surface area contributed by atoms with Crippen LogP contribution in [0.1, 0.15) is 38.4 Å². The van der Waals surface area contributed by atoms with Crippen molar-refractivity contribution < 1.29 is 4.79 Å². The number of benzene rings is 2. The lowest BCUT2D eigenvalue weighted by Crippen LogP contribution is -2.14. The first-order valence-electron chi connectivity index (χ1n) is 9.80. The molecule has 4 aromatic rings. The van der Waals surface area contributed by atoms with Gasteiger partial charge >= 0.3 is 0 Å². The maximum Gasteiger partial charge on any atom is 0.278 e. The maximum absolute atomic E-state index is 12.8. The van der Waals surface area contributed by atoms with Crippen LogP contribution in [-0.2, 0) is 6.42 Å². The van der Waals surface area contributed by atoms with Crippen molar-refractivity contribution in [2.75, 3.05) is 5.32 Å². The van der Waals surface area contributed by atoms with Crippen LogP contribution >= 0.6 is 0 Å². The highest BCUT2D eigenvalue weighted by Gasteiger charge is 2.17. The van der Waals surface area contributed by atoms with E-state index >= 15 is 0 Å². The van der Waals surface area contributed by atoms with Gasteiger partial charge in [-0.2, -0.15) is 9.90 Å². The highest BCUT2D eigenvalue weighted by Crippen LogP contribution is 2.17. The Kier molecular flexibility index (Phi) is 5.39. The molecule has 6 heteroatoms. The van der Waals surface area contributed by atoms with Gasteiger partial charge in [-0.3, -0.25) is 9.78 Å². The molecule has 1 N–H and O–H groups in total. The largest absolute Gasteiger partial charge is 0.321 e. The van der Waals surface area contributed by atoms with Gasteiger partial charge in [-0.1, -0.05) is 29.8 Å². The summed E-state index contributed by atoms with van der Waals surface area (Å²) in [6, 6.07) is 17.9. The highest BCUT2D eigenvalue weighted by molar-refractivity contribution is 6.03. The summed E-state index contributed by atoms with van der Waals surface area (Å²) in [5.74, 6) is -0.273. The Morgan fingerprint density at radius 3 is 2.30 bits per heavy atom. The monoisotopic (exact) mass is 397 g/mol. The summed E-state index contributed by atoms with van der Waals surface area (Å²) in [5.41, 5.74) is 7.07. The number of aromatic nitrogens is 4. The maximum atomic E-state index is 12.8. The molecule has 0 unspecified atom stereocenters. The molecule has 0 aliphatic heterocycles. The summed E-state index contributed by atoms with van der Waals surface area (Å²) < 4.78 is 0. The molecule has 4 rings (SSSR count). The van der Waals surface area contributed by atoms with Crippen molar-refractivity contribution in [3.05, 3.63) is 101 Å². The van der Waals surface area contributed by atoms with E-state index in [1.54, 1.807) is 19.3 Å². The Labute approximate surface area is 175 Å². The second-order valence-electron chi connectivity index (χ2n) is 7.40. The van der Waals surface area contributed by atoms with Crippen LogP contribution in [0.2, 0.25) is 0 Å². The summed E-state index contributed by atoms with van der Waals surface area (Å²) in [6.07, 6.45) is 4.40. The van der Waals surface area contributed by atoms with Crippen molar-refractivity contribution in [2.24, 2.45) is 0 Å². The van der Waals surface area contributed by atoms with Crippen LogP contribution in [0.3, 0.4) is 0 Å². The number of aryl methyl sites for hydroxylation is 3. The number of carbonyl (C=O) groups is 1. The predicted octanol–water partition coefficient (Wildman–Crippen LogP) is 4.43. The second-order valence-corrected chi connectivity index (χ2v) is 7.40. The van der Waals surface area contributed by atoms with E-state index in [2.05, 4.69) is 26.6 Å². The lowest BCUT2D eigenvalue weighted by atomic mass is 10.1. The minimum Gasteiger partial charge on any atom is -0.321 e. The number of carbonyl (C=O) groups excluding carboxylic acids is 1. The molecule has 1 amide bonds. The highest BCUT2D eigenvalue weighted by atomic mass is 16.2. The van der Waals surface area contributed by atoms with E-state index in [4.69, 9.17) is 0 Å². The van der Waals surface area contributed by atoms with Crippen molar-refractivity contribution in [1.82, 2.24) is 20.0 Å². The Bertz CT molecular complexity index is 1180. The van der Waals surface area contributed by atoms with Gasteiger partial charge in [0.1, 0.15) is 0 Å². The normalized spacial score (nSPS) is 10.8. The Balaban J connectivity index is 1.48. The quantitative estimate of drug-likeness (QED) is 0.541. The molecule has 150 valence electrons. The second kappa shape index (κ2) is 8.29. The molecule has 0 aliphatic carbocycles. The van der Waals surface area contributed by atoms with Crippen molar-refractivity contribution in [2.45, 2.75) is 27.2 Å². The van der Waals surface area contributed by atoms with E-state index in [-0.39, 0.29) is 5.91 Å². The van der Waals surface area contributed by atoms with Gasteiger partial charge < -0.3 is 5.32 Å². The van der Waals surface area contributed by atoms with E-state index in [1.165, 1.54) is 15.9 Å². The molecule has 0 atom stereocenters. The minimum absolute atomic E-state index is 0.273. The van der Waals surface area contributed by atoms with Crippen LogP contribution in [0.4, 0.5) is 5.69 Å². The number of amides is 1. The van der Waals surface area contributed by atoms with Gasteiger partial charge in [-0.05, 0) is 74.2 Å². The molecule has 0 fully saturated rings. The first-order valence-corrected chi connectivity index (χ1v) is 9.80. The number of anilines is 1. The Morgan fingerprint density at radius 2 is 1.60 bits per heavy atom. The average molecular weight is 397 g/mol. The number of hydrogen-bond acceptors (Lipinski definition) is 4. The molecule has 0 saturated carbocycles. The van der Waals surface area contributed by atoms with E-state index in [1.807, 2.05) is 62.4 Å². The fourth-order valence-corrected chi connectivity index (χ4v) is 3.36. The van der Waals surface area contributed by atoms with Crippen LogP contribution in [0.5, 0.6) is 0 Å². The molecular formula is C24H23N5O. The summed E-state index contributed by atoms with van der Waals surface area (Å²) in [5, 5.41) is 11.8. The number of nitrogens with one attached hydrogen (secondary N) is 1. The molecule has 6 nitrogen and oxygen atoms in total. The van der Waals surface area contributed by atoms with Gasteiger partial charge in [0.15, 0.2) is 5.69 Å². The topological polar surface area (TPSA) is 72.7 Å². The molecule has 0 radical (unpaired) electrons. The van der Waals surface area contributed by atoms with Gasteiger partial charge in [0.2, 0.25) is 0 Å². The molecule has 0 spiro atoms. The molecule has 0 aliphatic rings. The third-order valence-corrected chi connectivity index (χ3v) is 4.93. The van der Waals surface area contributed by atoms with Crippen LogP contribution in [0, 0.1) is 20.8 Å².